The van der Waals surface area contributed by atoms with E-state index < -0.39 is 10.0 Å². The maximum absolute atomic E-state index is 12.5. The predicted octanol–water partition coefficient (Wildman–Crippen LogP) is 0.883. The molecule has 0 bridgehead atoms. The van der Waals surface area contributed by atoms with E-state index in [2.05, 4.69) is 11.9 Å². The lowest BCUT2D eigenvalue weighted by Crippen LogP contribution is -2.33. The Labute approximate surface area is 121 Å². The van der Waals surface area contributed by atoms with Crippen LogP contribution in [0.15, 0.2) is 35.7 Å². The fourth-order valence-electron chi connectivity index (χ4n) is 1.90. The second kappa shape index (κ2) is 7.54. The first-order valence-corrected chi connectivity index (χ1v) is 7.87. The van der Waals surface area contributed by atoms with Crippen molar-refractivity contribution in [2.75, 3.05) is 26.7 Å². The van der Waals surface area contributed by atoms with Crippen molar-refractivity contribution in [1.29, 1.82) is 0 Å². The molecule has 6 heteroatoms. The molecule has 0 aliphatic heterocycles. The number of aliphatic hydroxyl groups excluding tert-OH is 1. The summed E-state index contributed by atoms with van der Waals surface area (Å²) in [5.74, 6) is 0. The van der Waals surface area contributed by atoms with Crippen LogP contribution in [0.5, 0.6) is 0 Å². The molecular weight excluding hydrogens is 276 g/mol. The molecule has 0 unspecified atom stereocenters. The molecule has 0 amide bonds. The van der Waals surface area contributed by atoms with E-state index in [-0.39, 0.29) is 24.6 Å². The van der Waals surface area contributed by atoms with E-state index in [0.717, 1.165) is 11.1 Å². The van der Waals surface area contributed by atoms with Crippen LogP contribution in [-0.4, -0.2) is 44.6 Å². The minimum absolute atomic E-state index is 0.0591. The average molecular weight is 298 g/mol. The van der Waals surface area contributed by atoms with Crippen molar-refractivity contribution in [3.63, 3.8) is 0 Å². The number of nitrogens with one attached hydrogen (secondary N) is 1. The van der Waals surface area contributed by atoms with Crippen LogP contribution in [0.1, 0.15) is 11.1 Å². The maximum Gasteiger partial charge on any atom is 0.243 e. The van der Waals surface area contributed by atoms with Gasteiger partial charge in [0.1, 0.15) is 0 Å². The fourth-order valence-corrected chi connectivity index (χ4v) is 3.36. The Hall–Kier alpha value is -1.21. The van der Waals surface area contributed by atoms with E-state index in [9.17, 15) is 8.42 Å². The third kappa shape index (κ3) is 3.89. The van der Waals surface area contributed by atoms with Gasteiger partial charge in [-0.1, -0.05) is 12.1 Å². The zero-order valence-corrected chi connectivity index (χ0v) is 12.8. The molecule has 0 aliphatic rings. The van der Waals surface area contributed by atoms with Crippen LogP contribution < -0.4 is 5.32 Å². The van der Waals surface area contributed by atoms with Gasteiger partial charge in [-0.3, -0.25) is 0 Å². The normalized spacial score (nSPS) is 11.8. The Morgan fingerprint density at radius 1 is 1.45 bits per heavy atom. The summed E-state index contributed by atoms with van der Waals surface area (Å²) < 4.78 is 26.3. The molecule has 0 spiro atoms. The molecule has 1 rings (SSSR count). The van der Waals surface area contributed by atoms with Gasteiger partial charge in [0.15, 0.2) is 0 Å². The quantitative estimate of drug-likeness (QED) is 0.699. The smallest absolute Gasteiger partial charge is 0.243 e. The van der Waals surface area contributed by atoms with Crippen LogP contribution >= 0.6 is 0 Å². The van der Waals surface area contributed by atoms with E-state index in [1.807, 2.05) is 14.0 Å². The Bertz CT molecular complexity index is 556. The first kappa shape index (κ1) is 16.8. The fraction of sp³-hybridized carbons (Fsp3) is 0.429. The van der Waals surface area contributed by atoms with E-state index in [1.54, 1.807) is 18.2 Å². The topological polar surface area (TPSA) is 69.6 Å². The molecule has 1 aromatic carbocycles. The van der Waals surface area contributed by atoms with Crippen LogP contribution in [0.4, 0.5) is 0 Å². The first-order valence-electron chi connectivity index (χ1n) is 6.43. The molecular formula is C14H22N2O3S. The molecule has 1 aromatic rings. The first-order chi connectivity index (χ1) is 9.47. The van der Waals surface area contributed by atoms with Gasteiger partial charge in [-0.25, -0.2) is 8.42 Å². The minimum Gasteiger partial charge on any atom is -0.395 e. The summed E-state index contributed by atoms with van der Waals surface area (Å²) in [6.45, 7) is 6.12. The highest BCUT2D eigenvalue weighted by Gasteiger charge is 2.23. The van der Waals surface area contributed by atoms with Gasteiger partial charge in [0, 0.05) is 19.6 Å². The van der Waals surface area contributed by atoms with Crippen molar-refractivity contribution < 1.29 is 13.5 Å². The van der Waals surface area contributed by atoms with Crippen LogP contribution in [0.2, 0.25) is 0 Å². The van der Waals surface area contributed by atoms with Gasteiger partial charge in [0.25, 0.3) is 0 Å². The molecule has 112 valence electrons. The predicted molar refractivity (Wildman–Crippen MR) is 80.0 cm³/mol. The van der Waals surface area contributed by atoms with Crippen molar-refractivity contribution in [3.05, 3.63) is 42.0 Å². The zero-order chi connectivity index (χ0) is 15.2. The molecule has 5 nitrogen and oxygen atoms in total. The summed E-state index contributed by atoms with van der Waals surface area (Å²) in [4.78, 5) is 0.239. The Kier molecular flexibility index (Phi) is 6.35. The van der Waals surface area contributed by atoms with Gasteiger partial charge >= 0.3 is 0 Å². The molecule has 0 atom stereocenters. The Morgan fingerprint density at radius 3 is 2.70 bits per heavy atom. The number of nitrogens with zero attached hydrogens (tertiary/aromatic N) is 1. The number of benzene rings is 1. The second-order valence-electron chi connectivity index (χ2n) is 4.49. The molecule has 0 heterocycles. The number of aliphatic hydroxyl groups is 1. The second-order valence-corrected chi connectivity index (χ2v) is 6.43. The summed E-state index contributed by atoms with van der Waals surface area (Å²) in [5, 5.41) is 12.0. The van der Waals surface area contributed by atoms with E-state index in [1.165, 1.54) is 10.4 Å². The van der Waals surface area contributed by atoms with Gasteiger partial charge in [-0.15, -0.1) is 6.58 Å². The standard InChI is InChI=1S/C14H22N2O3S/c1-4-7-16(8-9-17)20(18,19)14-6-5-12(2)13(10-14)11-15-3/h4-6,10,15,17H,1,7-9,11H2,2-3H3. The van der Waals surface area contributed by atoms with Crippen molar-refractivity contribution >= 4 is 10.0 Å². The number of hydrogen-bond donors (Lipinski definition) is 2. The molecule has 0 fully saturated rings. The largest absolute Gasteiger partial charge is 0.395 e. The van der Waals surface area contributed by atoms with Gasteiger partial charge < -0.3 is 10.4 Å². The van der Waals surface area contributed by atoms with Crippen LogP contribution in [-0.2, 0) is 16.6 Å². The summed E-state index contributed by atoms with van der Waals surface area (Å²) >= 11 is 0. The lowest BCUT2D eigenvalue weighted by Gasteiger charge is -2.20. The highest BCUT2D eigenvalue weighted by atomic mass is 32.2. The number of aryl methyl sites for hydroxylation is 1. The van der Waals surface area contributed by atoms with Gasteiger partial charge in [-0.05, 0) is 37.2 Å². The number of sulfonamides is 1. The summed E-state index contributed by atoms with van der Waals surface area (Å²) in [7, 11) is -1.79. The molecule has 0 radical (unpaired) electrons. The Balaban J connectivity index is 3.19. The molecule has 20 heavy (non-hydrogen) atoms. The summed E-state index contributed by atoms with van der Waals surface area (Å²) in [6, 6.07) is 5.07. The van der Waals surface area contributed by atoms with Gasteiger partial charge in [0.05, 0.1) is 11.5 Å². The lowest BCUT2D eigenvalue weighted by atomic mass is 10.1. The molecule has 0 saturated carbocycles. The van der Waals surface area contributed by atoms with Gasteiger partial charge in [-0.2, -0.15) is 4.31 Å². The van der Waals surface area contributed by atoms with Crippen LogP contribution in [0, 0.1) is 6.92 Å². The Morgan fingerprint density at radius 2 is 2.15 bits per heavy atom. The third-order valence-electron chi connectivity index (χ3n) is 3.01. The third-order valence-corrected chi connectivity index (χ3v) is 4.87. The number of hydrogen-bond acceptors (Lipinski definition) is 4. The monoisotopic (exact) mass is 298 g/mol. The van der Waals surface area contributed by atoms with Crippen molar-refractivity contribution in [2.45, 2.75) is 18.4 Å². The summed E-state index contributed by atoms with van der Waals surface area (Å²) in [6.07, 6.45) is 1.51. The SMILES string of the molecule is C=CCN(CCO)S(=O)(=O)c1ccc(C)c(CNC)c1. The van der Waals surface area contributed by atoms with E-state index >= 15 is 0 Å². The maximum atomic E-state index is 12.5. The average Bonchev–Trinajstić information content (AvgIpc) is 2.41. The van der Waals surface area contributed by atoms with E-state index in [4.69, 9.17) is 5.11 Å². The highest BCUT2D eigenvalue weighted by Crippen LogP contribution is 2.19. The molecule has 0 aromatic heterocycles. The van der Waals surface area contributed by atoms with Crippen molar-refractivity contribution in [2.24, 2.45) is 0 Å². The van der Waals surface area contributed by atoms with Crippen molar-refractivity contribution in [1.82, 2.24) is 9.62 Å². The van der Waals surface area contributed by atoms with Crippen LogP contribution in [0.3, 0.4) is 0 Å². The molecule has 0 aliphatic carbocycles. The zero-order valence-electron chi connectivity index (χ0n) is 12.0. The van der Waals surface area contributed by atoms with E-state index in [0.29, 0.717) is 6.54 Å². The lowest BCUT2D eigenvalue weighted by molar-refractivity contribution is 0.260. The highest BCUT2D eigenvalue weighted by molar-refractivity contribution is 7.89. The molecule has 0 saturated heterocycles. The molecule has 2 N–H and O–H groups in total. The number of rotatable bonds is 8. The summed E-state index contributed by atoms with van der Waals surface area (Å²) in [5.41, 5.74) is 1.98. The van der Waals surface area contributed by atoms with Crippen molar-refractivity contribution in [3.8, 4) is 0 Å². The van der Waals surface area contributed by atoms with Crippen LogP contribution in [0.25, 0.3) is 0 Å². The van der Waals surface area contributed by atoms with Gasteiger partial charge in [0.2, 0.25) is 10.0 Å². The minimum atomic E-state index is -3.61.